The van der Waals surface area contributed by atoms with Gasteiger partial charge in [0.15, 0.2) is 0 Å². The number of nitrogens with zero attached hydrogens (tertiary/aromatic N) is 2. The van der Waals surface area contributed by atoms with Gasteiger partial charge in [0.25, 0.3) is 20.0 Å². The Labute approximate surface area is 236 Å². The molecule has 4 rings (SSSR count). The summed E-state index contributed by atoms with van der Waals surface area (Å²) < 4.78 is 62.3. The Morgan fingerprint density at radius 2 is 1.79 bits per heavy atom. The smallest absolute Gasteiger partial charge is 0.271 e. The number of aliphatic hydroxyl groups is 1. The highest BCUT2D eigenvalue weighted by Crippen LogP contribution is 2.31. The number of aliphatic hydroxyl groups excluding tert-OH is 1. The van der Waals surface area contributed by atoms with E-state index in [1.807, 2.05) is 6.92 Å². The van der Waals surface area contributed by atoms with Crippen LogP contribution in [0.2, 0.25) is 0 Å². The highest BCUT2D eigenvalue weighted by Gasteiger charge is 2.34. The summed E-state index contributed by atoms with van der Waals surface area (Å²) in [5.41, 5.74) is 0.714. The molecule has 3 heterocycles. The minimum Gasteiger partial charge on any atom is -0.488 e. The third-order valence-electron chi connectivity index (χ3n) is 6.53. The topological polar surface area (TPSA) is 133 Å². The first kappa shape index (κ1) is 29.5. The van der Waals surface area contributed by atoms with E-state index in [1.54, 1.807) is 59.0 Å². The van der Waals surface area contributed by atoms with Crippen LogP contribution in [-0.4, -0.2) is 75.9 Å². The maximum Gasteiger partial charge on any atom is 0.271 e. The highest BCUT2D eigenvalue weighted by molar-refractivity contribution is 7.94. The van der Waals surface area contributed by atoms with Crippen LogP contribution in [-0.2, 0) is 31.3 Å². The molecular formula is C25H31N3O7S4. The van der Waals surface area contributed by atoms with Gasteiger partial charge in [-0.25, -0.2) is 16.8 Å². The van der Waals surface area contributed by atoms with E-state index < -0.39 is 32.2 Å². The van der Waals surface area contributed by atoms with E-state index in [4.69, 9.17) is 4.74 Å². The molecule has 2 aromatic heterocycles. The molecule has 1 aliphatic heterocycles. The Balaban J connectivity index is 1.68. The Morgan fingerprint density at radius 1 is 1.13 bits per heavy atom. The molecule has 212 valence electrons. The molecular weight excluding hydrogens is 583 g/mol. The van der Waals surface area contributed by atoms with Gasteiger partial charge in [-0.3, -0.25) is 9.52 Å². The number of thiophene rings is 2. The van der Waals surface area contributed by atoms with Crippen molar-refractivity contribution in [2.24, 2.45) is 5.92 Å². The van der Waals surface area contributed by atoms with Crippen LogP contribution in [0.25, 0.3) is 0 Å². The van der Waals surface area contributed by atoms with Gasteiger partial charge >= 0.3 is 0 Å². The van der Waals surface area contributed by atoms with Crippen molar-refractivity contribution >= 4 is 54.3 Å². The molecule has 0 unspecified atom stereocenters. The van der Waals surface area contributed by atoms with E-state index in [1.165, 1.54) is 17.4 Å². The van der Waals surface area contributed by atoms with Crippen LogP contribution >= 0.6 is 22.7 Å². The number of benzene rings is 1. The van der Waals surface area contributed by atoms with Crippen LogP contribution in [0.3, 0.4) is 0 Å². The van der Waals surface area contributed by atoms with Crippen molar-refractivity contribution in [2.45, 2.75) is 40.8 Å². The van der Waals surface area contributed by atoms with Crippen molar-refractivity contribution in [3.8, 4) is 5.75 Å². The van der Waals surface area contributed by atoms with E-state index >= 15 is 0 Å². The fourth-order valence-corrected chi connectivity index (χ4v) is 8.67. The number of carbonyl (C=O) groups is 1. The largest absolute Gasteiger partial charge is 0.488 e. The summed E-state index contributed by atoms with van der Waals surface area (Å²) in [6, 6.07) is 10.6. The Hall–Kier alpha value is -2.49. The number of amides is 1. The predicted octanol–water partition coefficient (Wildman–Crippen LogP) is 3.08. The molecule has 1 aromatic carbocycles. The number of hydrogen-bond acceptors (Lipinski definition) is 9. The molecule has 0 spiro atoms. The van der Waals surface area contributed by atoms with Crippen molar-refractivity contribution < 1.29 is 31.5 Å². The fourth-order valence-electron chi connectivity index (χ4n) is 4.25. The third kappa shape index (κ3) is 6.64. The summed E-state index contributed by atoms with van der Waals surface area (Å²) in [5.74, 6) is -0.196. The van der Waals surface area contributed by atoms with Gasteiger partial charge in [0.1, 0.15) is 20.3 Å². The lowest BCUT2D eigenvalue weighted by molar-refractivity contribution is -0.134. The lowest BCUT2D eigenvalue weighted by atomic mass is 10.0. The van der Waals surface area contributed by atoms with Gasteiger partial charge in [0.05, 0.1) is 25.6 Å². The maximum absolute atomic E-state index is 13.4. The number of anilines is 1. The third-order valence-corrected chi connectivity index (χ3v) is 12.5. The van der Waals surface area contributed by atoms with Crippen molar-refractivity contribution in [3.05, 3.63) is 58.8 Å². The first-order valence-electron chi connectivity index (χ1n) is 12.2. The molecule has 39 heavy (non-hydrogen) atoms. The molecule has 0 saturated heterocycles. The second-order valence-electron chi connectivity index (χ2n) is 9.47. The van der Waals surface area contributed by atoms with Gasteiger partial charge in [-0.1, -0.05) is 19.1 Å². The molecule has 1 amide bonds. The summed E-state index contributed by atoms with van der Waals surface area (Å²) >= 11 is 2.21. The first-order chi connectivity index (χ1) is 18.4. The Bertz CT molecular complexity index is 1490. The Morgan fingerprint density at radius 3 is 2.41 bits per heavy atom. The maximum atomic E-state index is 13.4. The van der Waals surface area contributed by atoms with Gasteiger partial charge in [0.2, 0.25) is 5.91 Å². The van der Waals surface area contributed by atoms with Gasteiger partial charge < -0.3 is 14.7 Å². The number of nitrogens with one attached hydrogen (secondary N) is 1. The average Bonchev–Trinajstić information content (AvgIpc) is 3.62. The summed E-state index contributed by atoms with van der Waals surface area (Å²) in [7, 11) is -6.07. The van der Waals surface area contributed by atoms with E-state index in [9.17, 15) is 26.7 Å². The molecule has 0 radical (unpaired) electrons. The standard InChI is InChI=1S/C25H31N3O7S4/c1-17-14-28(18(2)16-29)23(30)13-19-12-20(26-38(31,32)24-6-4-10-36-24)8-9-21(19)35-22(17)15-27(3)39(33,34)25-7-5-11-37-25/h4-12,17-18,22,26,29H,13-16H2,1-3H3/t17-,18-,22+/m0/s1. The molecule has 0 fully saturated rings. The van der Waals surface area contributed by atoms with Crippen molar-refractivity contribution in [2.75, 3.05) is 31.5 Å². The predicted molar refractivity (Wildman–Crippen MR) is 151 cm³/mol. The van der Waals surface area contributed by atoms with Crippen molar-refractivity contribution in [1.82, 2.24) is 9.21 Å². The highest BCUT2D eigenvalue weighted by atomic mass is 32.3. The SMILES string of the molecule is C[C@H]1CN([C@@H](C)CO)C(=O)Cc2cc(NS(=O)(=O)c3cccs3)ccc2O[C@@H]1CN(C)S(=O)(=O)c1cccs1. The number of carbonyl (C=O) groups excluding carboxylic acids is 1. The molecule has 0 aliphatic carbocycles. The van der Waals surface area contributed by atoms with Crippen molar-refractivity contribution in [1.29, 1.82) is 0 Å². The van der Waals surface area contributed by atoms with Gasteiger partial charge in [-0.15, -0.1) is 22.7 Å². The zero-order valence-corrected chi connectivity index (χ0v) is 24.9. The van der Waals surface area contributed by atoms with Crippen LogP contribution in [0.1, 0.15) is 19.4 Å². The molecule has 3 aromatic rings. The minimum absolute atomic E-state index is 0.0170. The number of likely N-dealkylation sites (N-methyl/N-ethyl adjacent to an activating group) is 1. The van der Waals surface area contributed by atoms with Gasteiger partial charge in [-0.2, -0.15) is 4.31 Å². The minimum atomic E-state index is -3.81. The fraction of sp³-hybridized carbons (Fsp3) is 0.400. The number of sulfonamides is 2. The van der Waals surface area contributed by atoms with Crippen LogP contribution in [0.4, 0.5) is 5.69 Å². The van der Waals surface area contributed by atoms with Crippen LogP contribution in [0.5, 0.6) is 5.75 Å². The summed E-state index contributed by atoms with van der Waals surface area (Å²) in [6.07, 6.45) is -0.728. The lowest BCUT2D eigenvalue weighted by Crippen LogP contribution is -2.48. The monoisotopic (exact) mass is 613 g/mol. The molecule has 3 atom stereocenters. The van der Waals surface area contributed by atoms with E-state index in [-0.39, 0.29) is 52.0 Å². The lowest BCUT2D eigenvalue weighted by Gasteiger charge is -2.33. The quantitative estimate of drug-likeness (QED) is 0.379. The molecule has 1 aliphatic rings. The van der Waals surface area contributed by atoms with E-state index in [0.29, 0.717) is 11.3 Å². The summed E-state index contributed by atoms with van der Waals surface area (Å²) in [5, 5.41) is 13.2. The molecule has 2 N–H and O–H groups in total. The van der Waals surface area contributed by atoms with Gasteiger partial charge in [0, 0.05) is 30.8 Å². The molecule has 10 nitrogen and oxygen atoms in total. The first-order valence-corrected chi connectivity index (χ1v) is 16.9. The molecule has 14 heteroatoms. The normalized spacial score (nSPS) is 19.5. The molecule has 0 bridgehead atoms. The number of ether oxygens (including phenoxy) is 1. The average molecular weight is 614 g/mol. The van der Waals surface area contributed by atoms with Gasteiger partial charge in [-0.05, 0) is 48.0 Å². The number of fused-ring (bicyclic) bond motifs is 1. The summed E-state index contributed by atoms with van der Waals surface area (Å²) in [6.45, 7) is 3.62. The van der Waals surface area contributed by atoms with Crippen molar-refractivity contribution in [3.63, 3.8) is 0 Å². The van der Waals surface area contributed by atoms with E-state index in [0.717, 1.165) is 22.7 Å². The number of rotatable bonds is 9. The summed E-state index contributed by atoms with van der Waals surface area (Å²) in [4.78, 5) is 14.9. The zero-order valence-electron chi connectivity index (χ0n) is 21.7. The second-order valence-corrected chi connectivity index (χ2v) is 15.5. The Kier molecular flexibility index (Phi) is 9.03. The van der Waals surface area contributed by atoms with Crippen LogP contribution < -0.4 is 9.46 Å². The molecule has 0 saturated carbocycles. The second kappa shape index (κ2) is 11.9. The van der Waals surface area contributed by atoms with Crippen LogP contribution in [0, 0.1) is 5.92 Å². The van der Waals surface area contributed by atoms with Crippen LogP contribution in [0.15, 0.2) is 61.6 Å². The zero-order chi connectivity index (χ0) is 28.4. The van der Waals surface area contributed by atoms with E-state index in [2.05, 4.69) is 4.72 Å². The number of hydrogen-bond donors (Lipinski definition) is 2.